The molecule has 0 aliphatic rings. The van der Waals surface area contributed by atoms with Gasteiger partial charge in [-0.15, -0.1) is 0 Å². The second kappa shape index (κ2) is 6.23. The predicted molar refractivity (Wildman–Crippen MR) is 72.6 cm³/mol. The second-order valence-electron chi connectivity index (χ2n) is 3.99. The van der Waals surface area contributed by atoms with Gasteiger partial charge in [0.2, 0.25) is 0 Å². The van der Waals surface area contributed by atoms with Crippen LogP contribution in [0.4, 0.5) is 0 Å². The summed E-state index contributed by atoms with van der Waals surface area (Å²) in [4.78, 5) is 0. The van der Waals surface area contributed by atoms with E-state index in [1.165, 1.54) is 0 Å². The Kier molecular flexibility index (Phi) is 4.63. The Morgan fingerprint density at radius 2 is 2.11 bits per heavy atom. The third kappa shape index (κ3) is 3.37. The molecule has 1 aromatic carbocycles. The molecule has 1 aromatic heterocycles. The largest absolute Gasteiger partial charge is 0.485 e. The van der Waals surface area contributed by atoms with E-state index in [0.29, 0.717) is 33.7 Å². The van der Waals surface area contributed by atoms with Crippen LogP contribution in [0, 0.1) is 6.92 Å². The average molecular weight is 302 g/mol. The molecule has 2 aromatic rings. The topological polar surface area (TPSA) is 60.2 Å². The number of aryl methyl sites for hydroxylation is 1. The van der Waals surface area contributed by atoms with Crippen molar-refractivity contribution in [2.45, 2.75) is 20.1 Å². The van der Waals surface area contributed by atoms with Gasteiger partial charge in [-0.25, -0.2) is 4.63 Å². The lowest BCUT2D eigenvalue weighted by molar-refractivity contribution is 0.268. The molecule has 5 nitrogen and oxygen atoms in total. The molecule has 1 heterocycles. The minimum absolute atomic E-state index is 0.243. The summed E-state index contributed by atoms with van der Waals surface area (Å²) in [7, 11) is 1.84. The van der Waals surface area contributed by atoms with E-state index in [1.54, 1.807) is 13.0 Å². The normalized spacial score (nSPS) is 10.7. The quantitative estimate of drug-likeness (QED) is 0.920. The maximum absolute atomic E-state index is 6.15. The first kappa shape index (κ1) is 14.1. The maximum Gasteiger partial charge on any atom is 0.145 e. The molecule has 0 aliphatic heterocycles. The molecule has 0 saturated heterocycles. The fourth-order valence-electron chi connectivity index (χ4n) is 1.62. The first-order valence-electron chi connectivity index (χ1n) is 5.65. The monoisotopic (exact) mass is 301 g/mol. The zero-order chi connectivity index (χ0) is 13.8. The molecule has 0 aliphatic carbocycles. The van der Waals surface area contributed by atoms with Crippen LogP contribution in [0.5, 0.6) is 5.75 Å². The zero-order valence-electron chi connectivity index (χ0n) is 10.5. The molecule has 0 radical (unpaired) electrons. The number of rotatable bonds is 5. The number of benzene rings is 1. The summed E-state index contributed by atoms with van der Waals surface area (Å²) < 4.78 is 10.3. The van der Waals surface area contributed by atoms with Crippen LogP contribution in [0.1, 0.15) is 17.0 Å². The number of nitrogens with zero attached hydrogens (tertiary/aromatic N) is 2. The summed E-state index contributed by atoms with van der Waals surface area (Å²) in [5.41, 5.74) is 2.22. The number of halogens is 2. The molecule has 102 valence electrons. The summed E-state index contributed by atoms with van der Waals surface area (Å²) in [6.07, 6.45) is 0. The Morgan fingerprint density at radius 1 is 1.32 bits per heavy atom. The van der Waals surface area contributed by atoms with E-state index in [-0.39, 0.29) is 6.61 Å². The lowest BCUT2D eigenvalue weighted by atomic mass is 10.2. The predicted octanol–water partition coefficient (Wildman–Crippen LogP) is 2.98. The van der Waals surface area contributed by atoms with Crippen LogP contribution in [-0.2, 0) is 13.2 Å². The number of hydrogen-bond donors (Lipinski definition) is 1. The van der Waals surface area contributed by atoms with Gasteiger partial charge in [0.15, 0.2) is 0 Å². The highest BCUT2D eigenvalue weighted by Crippen LogP contribution is 2.33. The Hall–Kier alpha value is -1.30. The van der Waals surface area contributed by atoms with Crippen molar-refractivity contribution in [2.75, 3.05) is 7.05 Å². The maximum atomic E-state index is 6.15. The number of nitrogens with one attached hydrogen (secondary N) is 1. The van der Waals surface area contributed by atoms with Crippen LogP contribution < -0.4 is 10.1 Å². The molecule has 0 spiro atoms. The molecule has 7 heteroatoms. The summed E-state index contributed by atoms with van der Waals surface area (Å²) in [5.74, 6) is 0.586. The number of ether oxygens (including phenoxy) is 1. The van der Waals surface area contributed by atoms with Gasteiger partial charge in [-0.1, -0.05) is 33.5 Å². The zero-order valence-corrected chi connectivity index (χ0v) is 12.0. The van der Waals surface area contributed by atoms with Gasteiger partial charge in [0.1, 0.15) is 23.7 Å². The lowest BCUT2D eigenvalue weighted by Crippen LogP contribution is -2.08. The van der Waals surface area contributed by atoms with Crippen LogP contribution in [0.25, 0.3) is 0 Å². The molecule has 19 heavy (non-hydrogen) atoms. The summed E-state index contributed by atoms with van der Waals surface area (Å²) in [6, 6.07) is 3.46. The van der Waals surface area contributed by atoms with E-state index in [9.17, 15) is 0 Å². The summed E-state index contributed by atoms with van der Waals surface area (Å²) >= 11 is 12.1. The molecule has 0 saturated carbocycles. The Labute approximate surface area is 120 Å². The van der Waals surface area contributed by atoms with Crippen molar-refractivity contribution in [2.24, 2.45) is 0 Å². The molecular weight excluding hydrogens is 289 g/mol. The van der Waals surface area contributed by atoms with Crippen molar-refractivity contribution in [1.29, 1.82) is 0 Å². The molecular formula is C12H13Cl2N3O2. The summed E-state index contributed by atoms with van der Waals surface area (Å²) in [5, 5.41) is 11.5. The van der Waals surface area contributed by atoms with E-state index < -0.39 is 0 Å². The van der Waals surface area contributed by atoms with Crippen LogP contribution in [0.15, 0.2) is 16.8 Å². The highest BCUT2D eigenvalue weighted by Gasteiger charge is 2.13. The van der Waals surface area contributed by atoms with Crippen LogP contribution >= 0.6 is 23.2 Å². The van der Waals surface area contributed by atoms with Gasteiger partial charge in [0.25, 0.3) is 0 Å². The van der Waals surface area contributed by atoms with Crippen molar-refractivity contribution < 1.29 is 9.37 Å². The Bertz CT molecular complexity index is 572. The van der Waals surface area contributed by atoms with Crippen LogP contribution in [-0.4, -0.2) is 17.4 Å². The van der Waals surface area contributed by atoms with Gasteiger partial charge in [-0.05, 0) is 26.1 Å². The van der Waals surface area contributed by atoms with E-state index in [0.717, 1.165) is 5.56 Å². The molecule has 1 N–H and O–H groups in total. The van der Waals surface area contributed by atoms with Gasteiger partial charge >= 0.3 is 0 Å². The molecule has 0 bridgehead atoms. The van der Waals surface area contributed by atoms with Crippen LogP contribution in [0.2, 0.25) is 10.0 Å². The van der Waals surface area contributed by atoms with E-state index in [2.05, 4.69) is 20.3 Å². The molecule has 2 rings (SSSR count). The fraction of sp³-hybridized carbons (Fsp3) is 0.333. The Morgan fingerprint density at radius 3 is 2.74 bits per heavy atom. The summed E-state index contributed by atoms with van der Waals surface area (Å²) in [6.45, 7) is 2.65. The van der Waals surface area contributed by atoms with Crippen molar-refractivity contribution in [3.05, 3.63) is 39.1 Å². The van der Waals surface area contributed by atoms with Gasteiger partial charge in [0, 0.05) is 17.1 Å². The smallest absolute Gasteiger partial charge is 0.145 e. The minimum Gasteiger partial charge on any atom is -0.485 e. The second-order valence-corrected chi connectivity index (χ2v) is 4.83. The minimum atomic E-state index is 0.243. The Balaban J connectivity index is 2.21. The van der Waals surface area contributed by atoms with Gasteiger partial charge in [-0.3, -0.25) is 0 Å². The first-order chi connectivity index (χ1) is 9.11. The van der Waals surface area contributed by atoms with Crippen molar-refractivity contribution in [1.82, 2.24) is 15.6 Å². The van der Waals surface area contributed by atoms with Gasteiger partial charge < -0.3 is 10.1 Å². The van der Waals surface area contributed by atoms with Gasteiger partial charge in [0.05, 0.1) is 5.02 Å². The van der Waals surface area contributed by atoms with E-state index in [4.69, 9.17) is 27.9 Å². The highest BCUT2D eigenvalue weighted by atomic mass is 35.5. The highest BCUT2D eigenvalue weighted by molar-refractivity contribution is 6.35. The molecule has 0 fully saturated rings. The first-order valence-corrected chi connectivity index (χ1v) is 6.40. The van der Waals surface area contributed by atoms with Crippen molar-refractivity contribution in [3.63, 3.8) is 0 Å². The standard InChI is InChI=1S/C12H13Cl2N3O2/c1-7-11(17-19-16-7)6-18-12-8(5-15-2)3-9(13)4-10(12)14/h3-4,15H,5-6H2,1-2H3. The third-order valence-electron chi connectivity index (χ3n) is 2.55. The third-order valence-corrected chi connectivity index (χ3v) is 3.05. The van der Waals surface area contributed by atoms with Crippen LogP contribution in [0.3, 0.4) is 0 Å². The number of aromatic nitrogens is 2. The molecule has 0 atom stereocenters. The average Bonchev–Trinajstić information content (AvgIpc) is 2.74. The number of hydrogen-bond acceptors (Lipinski definition) is 5. The van der Waals surface area contributed by atoms with E-state index >= 15 is 0 Å². The van der Waals surface area contributed by atoms with E-state index in [1.807, 2.05) is 13.1 Å². The van der Waals surface area contributed by atoms with Gasteiger partial charge in [-0.2, -0.15) is 0 Å². The molecule has 0 amide bonds. The lowest BCUT2D eigenvalue weighted by Gasteiger charge is -2.12. The molecule has 0 unspecified atom stereocenters. The SMILES string of the molecule is CNCc1cc(Cl)cc(Cl)c1OCc1nonc1C. The van der Waals surface area contributed by atoms with Crippen molar-refractivity contribution in [3.8, 4) is 5.75 Å². The van der Waals surface area contributed by atoms with Crippen molar-refractivity contribution >= 4 is 23.2 Å². The fourth-order valence-corrected chi connectivity index (χ4v) is 2.21.